The van der Waals surface area contributed by atoms with E-state index in [9.17, 15) is 29.4 Å². The first-order chi connectivity index (χ1) is 17.1. The first-order valence-corrected chi connectivity index (χ1v) is 13.0. The number of carbonyl (C=O) groups is 4. The number of nitrogens with one attached hydrogen (secondary N) is 3. The number of carbonyl (C=O) groups excluding carboxylic acids is 3. The molecule has 36 heavy (non-hydrogen) atoms. The van der Waals surface area contributed by atoms with Crippen LogP contribution in [0.1, 0.15) is 31.2 Å². The molecule has 4 atom stereocenters. The van der Waals surface area contributed by atoms with Crippen LogP contribution in [0, 0.1) is 0 Å². The van der Waals surface area contributed by atoms with E-state index in [0.717, 1.165) is 6.42 Å². The smallest absolute Gasteiger partial charge is 0.328 e. The molecule has 0 saturated heterocycles. The van der Waals surface area contributed by atoms with Crippen LogP contribution < -0.4 is 27.4 Å². The summed E-state index contributed by atoms with van der Waals surface area (Å²) in [5.41, 5.74) is 12.0. The average Bonchev–Trinajstić information content (AvgIpc) is 2.85. The van der Waals surface area contributed by atoms with Gasteiger partial charge in [0.05, 0.1) is 12.6 Å². The lowest BCUT2D eigenvalue weighted by molar-refractivity contribution is -0.143. The van der Waals surface area contributed by atoms with Gasteiger partial charge >= 0.3 is 5.97 Å². The van der Waals surface area contributed by atoms with Gasteiger partial charge < -0.3 is 42.7 Å². The van der Waals surface area contributed by atoms with E-state index in [1.807, 2.05) is 6.26 Å². The highest BCUT2D eigenvalue weighted by Crippen LogP contribution is 2.12. The highest BCUT2D eigenvalue weighted by Gasteiger charge is 2.30. The Kier molecular flexibility index (Phi) is 14.5. The summed E-state index contributed by atoms with van der Waals surface area (Å²) in [6.07, 6.45) is 3.88. The minimum absolute atomic E-state index is 0.0117. The predicted molar refractivity (Wildman–Crippen MR) is 136 cm³/mol. The molecule has 1 aromatic carbocycles. The van der Waals surface area contributed by atoms with Crippen molar-refractivity contribution in [3.8, 4) is 5.75 Å². The first-order valence-electron chi connectivity index (χ1n) is 11.6. The van der Waals surface area contributed by atoms with Crippen LogP contribution >= 0.6 is 11.8 Å². The number of aromatic hydroxyl groups is 1. The van der Waals surface area contributed by atoms with Gasteiger partial charge in [0.1, 0.15) is 23.9 Å². The molecule has 13 heteroatoms. The fourth-order valence-corrected chi connectivity index (χ4v) is 3.70. The average molecular weight is 528 g/mol. The number of aliphatic carboxylic acids is 1. The van der Waals surface area contributed by atoms with Gasteiger partial charge in [-0.2, -0.15) is 11.8 Å². The molecular weight excluding hydrogens is 490 g/mol. The van der Waals surface area contributed by atoms with Crippen molar-refractivity contribution in [1.82, 2.24) is 16.0 Å². The van der Waals surface area contributed by atoms with Gasteiger partial charge in [0, 0.05) is 6.42 Å². The molecule has 4 unspecified atom stereocenters. The second-order valence-corrected chi connectivity index (χ2v) is 9.23. The van der Waals surface area contributed by atoms with Crippen molar-refractivity contribution >= 4 is 35.5 Å². The Morgan fingerprint density at radius 1 is 0.917 bits per heavy atom. The van der Waals surface area contributed by atoms with Crippen LogP contribution in [-0.2, 0) is 25.6 Å². The van der Waals surface area contributed by atoms with E-state index in [-0.39, 0.29) is 18.6 Å². The molecule has 0 fully saturated rings. The third kappa shape index (κ3) is 11.2. The number of hydrogen-bond acceptors (Lipinski definition) is 9. The first kappa shape index (κ1) is 31.2. The number of rotatable bonds is 17. The van der Waals surface area contributed by atoms with Crippen molar-refractivity contribution in [2.24, 2.45) is 11.5 Å². The van der Waals surface area contributed by atoms with E-state index in [0.29, 0.717) is 30.7 Å². The molecule has 1 aromatic rings. The highest BCUT2D eigenvalue weighted by atomic mass is 32.2. The molecule has 3 amide bonds. The van der Waals surface area contributed by atoms with Crippen LogP contribution in [0.3, 0.4) is 0 Å². The highest BCUT2D eigenvalue weighted by molar-refractivity contribution is 7.98. The van der Waals surface area contributed by atoms with E-state index in [2.05, 4.69) is 16.0 Å². The van der Waals surface area contributed by atoms with Gasteiger partial charge in [-0.25, -0.2) is 4.79 Å². The maximum atomic E-state index is 13.1. The largest absolute Gasteiger partial charge is 0.508 e. The Morgan fingerprint density at radius 2 is 1.50 bits per heavy atom. The molecule has 0 bridgehead atoms. The van der Waals surface area contributed by atoms with Gasteiger partial charge in [-0.3, -0.25) is 14.4 Å². The number of carboxylic acid groups (broad SMARTS) is 1. The van der Waals surface area contributed by atoms with Crippen LogP contribution in [0.4, 0.5) is 0 Å². The number of hydrogen-bond donors (Lipinski definition) is 8. The molecule has 0 radical (unpaired) electrons. The van der Waals surface area contributed by atoms with Crippen molar-refractivity contribution in [2.45, 2.75) is 56.3 Å². The van der Waals surface area contributed by atoms with Gasteiger partial charge in [-0.15, -0.1) is 0 Å². The molecular formula is C23H37N5O7S. The second-order valence-electron chi connectivity index (χ2n) is 8.25. The molecule has 0 saturated carbocycles. The molecule has 202 valence electrons. The molecule has 1 rings (SSSR count). The Hall–Kier alpha value is -2.87. The van der Waals surface area contributed by atoms with E-state index < -0.39 is 54.5 Å². The maximum Gasteiger partial charge on any atom is 0.328 e. The number of aliphatic hydroxyl groups is 1. The van der Waals surface area contributed by atoms with E-state index >= 15 is 0 Å². The fourth-order valence-electron chi connectivity index (χ4n) is 3.23. The zero-order valence-electron chi connectivity index (χ0n) is 20.3. The zero-order valence-corrected chi connectivity index (χ0v) is 21.1. The third-order valence-corrected chi connectivity index (χ3v) is 6.00. The van der Waals surface area contributed by atoms with Crippen LogP contribution in [0.2, 0.25) is 0 Å². The monoisotopic (exact) mass is 527 g/mol. The summed E-state index contributed by atoms with van der Waals surface area (Å²) in [5, 5.41) is 35.4. The lowest BCUT2D eigenvalue weighted by atomic mass is 10.0. The van der Waals surface area contributed by atoms with Crippen molar-refractivity contribution in [3.05, 3.63) is 29.8 Å². The number of carboxylic acids is 1. The minimum atomic E-state index is -1.56. The van der Waals surface area contributed by atoms with Crippen LogP contribution in [-0.4, -0.2) is 88.3 Å². The number of unbranched alkanes of at least 4 members (excludes halogenated alkanes) is 1. The lowest BCUT2D eigenvalue weighted by Gasteiger charge is -2.25. The molecule has 0 aliphatic heterocycles. The van der Waals surface area contributed by atoms with E-state index in [4.69, 9.17) is 16.6 Å². The van der Waals surface area contributed by atoms with Gasteiger partial charge in [0.25, 0.3) is 0 Å². The third-order valence-electron chi connectivity index (χ3n) is 5.36. The van der Waals surface area contributed by atoms with Crippen molar-refractivity contribution in [2.75, 3.05) is 25.2 Å². The molecule has 0 heterocycles. The number of amides is 3. The number of benzene rings is 1. The molecule has 0 aliphatic rings. The van der Waals surface area contributed by atoms with Crippen LogP contribution in [0.15, 0.2) is 24.3 Å². The van der Waals surface area contributed by atoms with E-state index in [1.165, 1.54) is 23.9 Å². The summed E-state index contributed by atoms with van der Waals surface area (Å²) in [7, 11) is 0. The summed E-state index contributed by atoms with van der Waals surface area (Å²) in [6.45, 7) is -0.355. The van der Waals surface area contributed by atoms with Gasteiger partial charge in [-0.05, 0) is 55.5 Å². The quantitative estimate of drug-likeness (QED) is 0.112. The summed E-state index contributed by atoms with van der Waals surface area (Å²) in [4.78, 5) is 49.8. The second kappa shape index (κ2) is 16.7. The maximum absolute atomic E-state index is 13.1. The van der Waals surface area contributed by atoms with Crippen molar-refractivity contribution in [1.29, 1.82) is 0 Å². The molecule has 0 aliphatic carbocycles. The molecule has 0 spiro atoms. The molecule has 12 nitrogen and oxygen atoms in total. The summed E-state index contributed by atoms with van der Waals surface area (Å²) in [6, 6.07) is 1.34. The number of aliphatic hydroxyl groups excluding tert-OH is 1. The zero-order chi connectivity index (χ0) is 27.1. The summed E-state index contributed by atoms with van der Waals surface area (Å²) < 4.78 is 0. The summed E-state index contributed by atoms with van der Waals surface area (Å²) in [5.74, 6) is -2.85. The Morgan fingerprint density at radius 3 is 2.06 bits per heavy atom. The standard InChI is InChI=1S/C23H37N5O7S/c1-36-11-9-17(26-20(31)16(25)4-2-3-10-24)21(32)27-18(12-14-5-7-15(30)8-6-14)22(33)28-19(13-29)23(34)35/h5-8,16-19,29-30H,2-4,9-13,24-25H2,1H3,(H,26,31)(H,27,32)(H,28,33)(H,34,35). The number of nitrogens with two attached hydrogens (primary N) is 2. The Labute approximate surface area is 214 Å². The van der Waals surface area contributed by atoms with Gasteiger partial charge in [0.2, 0.25) is 17.7 Å². The normalized spacial score (nSPS) is 14.2. The number of phenolic OH excluding ortho intramolecular Hbond substituents is 1. The van der Waals surface area contributed by atoms with Crippen LogP contribution in [0.25, 0.3) is 0 Å². The van der Waals surface area contributed by atoms with E-state index in [1.54, 1.807) is 12.1 Å². The van der Waals surface area contributed by atoms with Crippen molar-refractivity contribution < 1.29 is 34.5 Å². The minimum Gasteiger partial charge on any atom is -0.508 e. The van der Waals surface area contributed by atoms with Gasteiger partial charge in [0.15, 0.2) is 0 Å². The topological polar surface area (TPSA) is 217 Å². The fraction of sp³-hybridized carbons (Fsp3) is 0.565. The SMILES string of the molecule is CSCCC(NC(=O)C(N)CCCCN)C(=O)NC(Cc1ccc(O)cc1)C(=O)NC(CO)C(=O)O. The number of phenols is 1. The molecule has 0 aromatic heterocycles. The molecule has 10 N–H and O–H groups in total. The summed E-state index contributed by atoms with van der Waals surface area (Å²) >= 11 is 1.47. The predicted octanol–water partition coefficient (Wildman–Crippen LogP) is -1.32. The lowest BCUT2D eigenvalue weighted by Crippen LogP contribution is -2.58. The number of thioether (sulfide) groups is 1. The van der Waals surface area contributed by atoms with Crippen LogP contribution in [0.5, 0.6) is 5.75 Å². The van der Waals surface area contributed by atoms with Crippen molar-refractivity contribution in [3.63, 3.8) is 0 Å². The Bertz CT molecular complexity index is 856. The van der Waals surface area contributed by atoms with Gasteiger partial charge in [-0.1, -0.05) is 18.6 Å². The Balaban J connectivity index is 3.03.